The second-order valence-corrected chi connectivity index (χ2v) is 29.4. The third kappa shape index (κ3) is 27.9. The van der Waals surface area contributed by atoms with E-state index in [1.807, 2.05) is 6.92 Å². The lowest BCUT2D eigenvalue weighted by Crippen LogP contribution is -2.62. The normalized spacial score (nSPS) is 23.2. The largest absolute Gasteiger partial charge is 0.481 e. The first-order valence-corrected chi connectivity index (χ1v) is 38.4. The topological polar surface area (TPSA) is 585 Å². The van der Waals surface area contributed by atoms with Crippen LogP contribution in [0.25, 0.3) is 0 Å². The molecule has 1 aromatic carbocycles. The maximum atomic E-state index is 15.0. The number of unbranched alkanes of at least 4 members (excludes halogenated alkanes) is 3. The molecular formula is C69H100N16O23S2. The van der Waals surface area contributed by atoms with Gasteiger partial charge in [0.05, 0.1) is 35.4 Å². The Kier molecular flexibility index (Phi) is 35.7. The summed E-state index contributed by atoms with van der Waals surface area (Å²) in [5.41, 5.74) is 11.6. The minimum absolute atomic E-state index is 0.00290. The fraction of sp³-hybridized carbons (Fsp3) is 0.623. The second-order valence-electron chi connectivity index (χ2n) is 27.4. The summed E-state index contributed by atoms with van der Waals surface area (Å²) in [6.45, 7) is 3.16. The lowest BCUT2D eigenvalue weighted by atomic mass is 10.0. The molecule has 110 heavy (non-hydrogen) atoms. The number of carboxylic acid groups (broad SMARTS) is 4. The van der Waals surface area contributed by atoms with Crippen LogP contribution in [0.3, 0.4) is 0 Å². The maximum absolute atomic E-state index is 15.0. The van der Waals surface area contributed by atoms with Crippen LogP contribution in [-0.4, -0.2) is 307 Å². The summed E-state index contributed by atoms with van der Waals surface area (Å²) in [5, 5.41) is 72.3. The van der Waals surface area contributed by atoms with Crippen LogP contribution in [0, 0.1) is 0 Å². The van der Waals surface area contributed by atoms with Crippen molar-refractivity contribution >= 4 is 130 Å². The van der Waals surface area contributed by atoms with Gasteiger partial charge in [-0.25, -0.2) is 0 Å². The summed E-state index contributed by atoms with van der Waals surface area (Å²) < 4.78 is 0. The standard InChI is InChI=1S/C69H100N16O23S2/c1-3-4-6-18-51(89)73-45-37-110-57-56(65(103)80-66(57)104)109-36-44(62(100)77-43(33-52(90)91)61(99)74-40(58(71)96)15-9-10-23-72-50(88)22-20-48(69(107)108)83-30-28-81(34-53(92)93)26-27-82(29-31-83)35-54(94)95)78-60(98)42(32-39-13-7-5-8-14-39)76-59(97)41(19-21-49(70)87)75-64(102)55(38(2)86)79-63(101)46-16-11-24-84(46)68(106)47-17-12-25-85(47)67(45)105/h5,7-8,13-14,38,40-48,55,86H,3-4,6,9-12,15-37H2,1-2H3,(H2,70,87)(H2,71,96)(H,72,88)(H,73,89)(H,74,99)(H,75,102)(H,76,97)(H,77,100)(H,78,98)(H,79,101)(H,90,91)(H,92,93)(H,94,95)(H,107,108)(H,80,103,104)/t38-,40+,41+,42+,43+,44+,45+,46+,47+,48-,55+/m1/s1. The van der Waals surface area contributed by atoms with E-state index in [4.69, 9.17) is 11.5 Å². The monoisotopic (exact) mass is 1580 g/mol. The van der Waals surface area contributed by atoms with Crippen molar-refractivity contribution in [1.82, 2.24) is 72.4 Å². The lowest BCUT2D eigenvalue weighted by molar-refractivity contribution is -0.148. The summed E-state index contributed by atoms with van der Waals surface area (Å²) in [4.78, 5) is 251. The van der Waals surface area contributed by atoms with Crippen molar-refractivity contribution in [3.05, 3.63) is 45.7 Å². The van der Waals surface area contributed by atoms with Crippen molar-refractivity contribution in [2.75, 3.05) is 83.5 Å². The Labute approximate surface area is 641 Å². The number of carbonyl (C=O) groups is 18. The Morgan fingerprint density at radius 3 is 1.77 bits per heavy atom. The third-order valence-corrected chi connectivity index (χ3v) is 21.5. The van der Waals surface area contributed by atoms with Gasteiger partial charge in [0.2, 0.25) is 70.9 Å². The van der Waals surface area contributed by atoms with E-state index in [0.29, 0.717) is 54.8 Å². The van der Waals surface area contributed by atoms with Gasteiger partial charge in [0.1, 0.15) is 60.4 Å². The molecule has 0 saturated carbocycles. The van der Waals surface area contributed by atoms with E-state index >= 15 is 4.79 Å². The van der Waals surface area contributed by atoms with Crippen molar-refractivity contribution in [2.45, 2.75) is 190 Å². The van der Waals surface area contributed by atoms with Crippen molar-refractivity contribution in [1.29, 1.82) is 0 Å². The predicted molar refractivity (Wildman–Crippen MR) is 391 cm³/mol. The van der Waals surface area contributed by atoms with Crippen LogP contribution in [0.5, 0.6) is 0 Å². The summed E-state index contributed by atoms with van der Waals surface area (Å²) >= 11 is 1.14. The Balaban J connectivity index is 1.28. The fourth-order valence-corrected chi connectivity index (χ4v) is 15.4. The molecule has 606 valence electrons. The Morgan fingerprint density at radius 2 is 1.19 bits per heavy atom. The molecule has 5 aliphatic rings. The highest BCUT2D eigenvalue weighted by Crippen LogP contribution is 2.34. The van der Waals surface area contributed by atoms with Crippen molar-refractivity contribution in [3.8, 4) is 0 Å². The van der Waals surface area contributed by atoms with E-state index < -0.39 is 215 Å². The number of hydrogen-bond acceptors (Lipinski definition) is 24. The number of amides is 14. The molecule has 5 heterocycles. The number of thioether (sulfide) groups is 2. The van der Waals surface area contributed by atoms with Crippen LogP contribution < -0.4 is 59.3 Å². The van der Waals surface area contributed by atoms with E-state index in [1.54, 1.807) is 45.0 Å². The molecule has 1 aromatic rings. The SMILES string of the molecule is CCCCCC(=O)N[C@H]1CSC2=C(SC[C@@H](C(=O)N[C@@H](CC(=O)O)C(=O)N[C@@H](CCCCNC(=O)CC[C@H](C(=O)O)N3CCN(CC(=O)O)CCN(CC(=O)O)CC3)C(N)=O)NC(=O)[C@H](Cc3ccccc3)NC(=O)[C@H](CCC(N)=O)NC(=O)[C@H]([C@@H](C)O)NC(=O)[C@@H]3CCCN3C(=O)[C@@H]3CCCN3C1=O)C(=O)NC2=O. The summed E-state index contributed by atoms with van der Waals surface area (Å²) in [6.07, 6.45) is -2.37. The smallest absolute Gasteiger partial charge is 0.320 e. The average Bonchev–Trinajstić information content (AvgIpc) is 1.63. The quantitative estimate of drug-likeness (QED) is 0.0237. The van der Waals surface area contributed by atoms with Crippen molar-refractivity contribution in [2.24, 2.45) is 11.5 Å². The molecule has 0 bridgehead atoms. The molecule has 5 aliphatic heterocycles. The second kappa shape index (κ2) is 44.1. The molecule has 18 N–H and O–H groups in total. The van der Waals surface area contributed by atoms with Gasteiger partial charge in [0.15, 0.2) is 0 Å². The third-order valence-electron chi connectivity index (χ3n) is 19.0. The number of nitrogens with zero attached hydrogens (tertiary/aromatic N) is 5. The zero-order chi connectivity index (χ0) is 80.9. The minimum atomic E-state index is -2.10. The van der Waals surface area contributed by atoms with Crippen molar-refractivity contribution in [3.63, 3.8) is 0 Å². The number of nitrogens with one attached hydrogen (secondary N) is 9. The molecule has 41 heteroatoms. The molecule has 39 nitrogen and oxygen atoms in total. The van der Waals surface area contributed by atoms with E-state index in [2.05, 4.69) is 47.9 Å². The number of benzene rings is 1. The molecule has 0 spiro atoms. The zero-order valence-electron chi connectivity index (χ0n) is 61.2. The van der Waals surface area contributed by atoms with Gasteiger partial charge in [-0.3, -0.25) is 106 Å². The van der Waals surface area contributed by atoms with Crippen LogP contribution in [0.1, 0.15) is 122 Å². The number of hydrogen-bond donors (Lipinski definition) is 16. The molecule has 6 rings (SSSR count). The van der Waals surface area contributed by atoms with Crippen molar-refractivity contribution < 1.29 is 112 Å². The predicted octanol–water partition coefficient (Wildman–Crippen LogP) is -5.25. The highest BCUT2D eigenvalue weighted by atomic mass is 32.2. The molecule has 0 radical (unpaired) electrons. The number of aliphatic hydroxyl groups excluding tert-OH is 1. The first-order chi connectivity index (χ1) is 52.2. The molecule has 3 fully saturated rings. The van der Waals surface area contributed by atoms with E-state index in [1.165, 1.54) is 9.80 Å². The molecule has 0 unspecified atom stereocenters. The highest BCUT2D eigenvalue weighted by molar-refractivity contribution is 8.08. The van der Waals surface area contributed by atoms with Crippen LogP contribution in [0.15, 0.2) is 40.1 Å². The van der Waals surface area contributed by atoms with Crippen LogP contribution >= 0.6 is 23.5 Å². The molecule has 0 aliphatic carbocycles. The summed E-state index contributed by atoms with van der Waals surface area (Å²) in [6, 6.07) is -8.29. The van der Waals surface area contributed by atoms with E-state index in [0.717, 1.165) is 13.3 Å². The van der Waals surface area contributed by atoms with Crippen LogP contribution in [0.2, 0.25) is 0 Å². The van der Waals surface area contributed by atoms with Crippen LogP contribution in [-0.2, 0) is 92.7 Å². The fourth-order valence-electron chi connectivity index (χ4n) is 13.1. The van der Waals surface area contributed by atoms with E-state index in [9.17, 15) is 107 Å². The maximum Gasteiger partial charge on any atom is 0.320 e. The van der Waals surface area contributed by atoms with Gasteiger partial charge in [0.25, 0.3) is 11.8 Å². The minimum Gasteiger partial charge on any atom is -0.481 e. The van der Waals surface area contributed by atoms with Gasteiger partial charge in [-0.2, -0.15) is 0 Å². The van der Waals surface area contributed by atoms with Gasteiger partial charge in [-0.1, -0.05) is 50.1 Å². The van der Waals surface area contributed by atoms with Gasteiger partial charge < -0.3 is 89.3 Å². The van der Waals surface area contributed by atoms with Crippen LogP contribution in [0.4, 0.5) is 0 Å². The number of carboxylic acids is 4. The molecule has 0 aromatic heterocycles. The Morgan fingerprint density at radius 1 is 0.600 bits per heavy atom. The average molecular weight is 1590 g/mol. The Bertz CT molecular complexity index is 3560. The molecule has 11 atom stereocenters. The van der Waals surface area contributed by atoms with Gasteiger partial charge in [0, 0.05) is 96.1 Å². The van der Waals surface area contributed by atoms with Gasteiger partial charge >= 0.3 is 23.9 Å². The van der Waals surface area contributed by atoms with Gasteiger partial charge in [-0.15, -0.1) is 23.5 Å². The number of nitrogens with two attached hydrogens (primary N) is 2. The molecule has 3 saturated heterocycles. The summed E-state index contributed by atoms with van der Waals surface area (Å²) in [5.74, 6) is -20.2. The number of primary amides is 2. The first-order valence-electron chi connectivity index (χ1n) is 36.5. The lowest BCUT2D eigenvalue weighted by Gasteiger charge is -2.33. The number of aliphatic carboxylic acids is 4. The number of carbonyl (C=O) groups excluding carboxylic acids is 14. The number of rotatable bonds is 32. The molecule has 14 amide bonds. The van der Waals surface area contributed by atoms with Gasteiger partial charge in [-0.05, 0) is 76.7 Å². The van der Waals surface area contributed by atoms with E-state index in [-0.39, 0.29) is 128 Å². The number of aliphatic hydroxyl groups is 1. The number of imide groups is 1. The molecular weight excluding hydrogens is 1480 g/mol. The Hall–Kier alpha value is -9.84. The number of fused-ring (bicyclic) bond motifs is 2. The highest BCUT2D eigenvalue weighted by Gasteiger charge is 2.46. The first kappa shape index (κ1) is 89.1. The summed E-state index contributed by atoms with van der Waals surface area (Å²) in [7, 11) is 0. The zero-order valence-corrected chi connectivity index (χ0v) is 62.9.